The van der Waals surface area contributed by atoms with Crippen LogP contribution in [0.2, 0.25) is 5.02 Å². The lowest BCUT2D eigenvalue weighted by molar-refractivity contribution is -0.385. The SMILES string of the molecule is O=[N+]([O-])c1cc(Cl)ccc1OCCC1OCCO1. The molecule has 0 amide bonds. The van der Waals surface area contributed by atoms with Crippen LogP contribution in [0.15, 0.2) is 18.2 Å². The van der Waals surface area contributed by atoms with Gasteiger partial charge >= 0.3 is 5.69 Å². The number of halogens is 1. The van der Waals surface area contributed by atoms with Crippen molar-refractivity contribution < 1.29 is 19.1 Å². The maximum Gasteiger partial charge on any atom is 0.312 e. The fourth-order valence-corrected chi connectivity index (χ4v) is 1.76. The van der Waals surface area contributed by atoms with Crippen LogP contribution < -0.4 is 4.74 Å². The predicted molar refractivity (Wildman–Crippen MR) is 63.9 cm³/mol. The lowest BCUT2D eigenvalue weighted by Gasteiger charge is -2.10. The summed E-state index contributed by atoms with van der Waals surface area (Å²) in [4.78, 5) is 10.3. The zero-order valence-electron chi connectivity index (χ0n) is 9.50. The maximum atomic E-state index is 10.8. The Balaban J connectivity index is 1.93. The molecule has 0 atom stereocenters. The molecule has 7 heteroatoms. The smallest absolute Gasteiger partial charge is 0.312 e. The van der Waals surface area contributed by atoms with E-state index in [2.05, 4.69) is 0 Å². The molecule has 0 N–H and O–H groups in total. The molecule has 18 heavy (non-hydrogen) atoms. The quantitative estimate of drug-likeness (QED) is 0.608. The topological polar surface area (TPSA) is 70.8 Å². The Kier molecular flexibility index (Phi) is 4.35. The number of nitro groups is 1. The first kappa shape index (κ1) is 13.1. The summed E-state index contributed by atoms with van der Waals surface area (Å²) in [5.74, 6) is 0.197. The first-order valence-corrected chi connectivity index (χ1v) is 5.84. The van der Waals surface area contributed by atoms with Crippen molar-refractivity contribution in [2.24, 2.45) is 0 Å². The zero-order chi connectivity index (χ0) is 13.0. The highest BCUT2D eigenvalue weighted by atomic mass is 35.5. The second kappa shape index (κ2) is 5.99. The van der Waals surface area contributed by atoms with Crippen LogP contribution in [-0.4, -0.2) is 31.0 Å². The van der Waals surface area contributed by atoms with Gasteiger partial charge in [-0.1, -0.05) is 11.6 Å². The van der Waals surface area contributed by atoms with E-state index in [4.69, 9.17) is 25.8 Å². The van der Waals surface area contributed by atoms with Gasteiger partial charge in [0.15, 0.2) is 12.0 Å². The van der Waals surface area contributed by atoms with Crippen molar-refractivity contribution in [3.8, 4) is 5.75 Å². The van der Waals surface area contributed by atoms with E-state index in [1.165, 1.54) is 12.1 Å². The van der Waals surface area contributed by atoms with Gasteiger partial charge in [0, 0.05) is 17.5 Å². The largest absolute Gasteiger partial charge is 0.487 e. The molecule has 0 saturated carbocycles. The molecule has 0 unspecified atom stereocenters. The van der Waals surface area contributed by atoms with Gasteiger partial charge in [0.25, 0.3) is 0 Å². The van der Waals surface area contributed by atoms with Gasteiger partial charge in [-0.05, 0) is 12.1 Å². The predicted octanol–water partition coefficient (Wildman–Crippen LogP) is 2.39. The summed E-state index contributed by atoms with van der Waals surface area (Å²) in [6.07, 6.45) is 0.246. The number of hydrogen-bond donors (Lipinski definition) is 0. The number of ether oxygens (including phenoxy) is 3. The minimum absolute atomic E-state index is 0.143. The Morgan fingerprint density at radius 3 is 2.83 bits per heavy atom. The third kappa shape index (κ3) is 3.32. The van der Waals surface area contributed by atoms with Crippen molar-refractivity contribution in [1.82, 2.24) is 0 Å². The van der Waals surface area contributed by atoms with Crippen LogP contribution in [0.5, 0.6) is 5.75 Å². The summed E-state index contributed by atoms with van der Waals surface area (Å²) in [7, 11) is 0. The molecule has 0 aliphatic carbocycles. The molecule has 1 fully saturated rings. The van der Waals surface area contributed by atoms with Gasteiger partial charge in [-0.2, -0.15) is 0 Å². The molecule has 0 bridgehead atoms. The van der Waals surface area contributed by atoms with Crippen LogP contribution in [-0.2, 0) is 9.47 Å². The second-order valence-electron chi connectivity index (χ2n) is 3.68. The molecule has 1 saturated heterocycles. The summed E-state index contributed by atoms with van der Waals surface area (Å²) in [6, 6.07) is 4.29. The molecular formula is C11H12ClNO5. The van der Waals surface area contributed by atoms with Gasteiger partial charge in [-0.15, -0.1) is 0 Å². The summed E-state index contributed by atoms with van der Waals surface area (Å²) in [5.41, 5.74) is -0.143. The molecule has 0 spiro atoms. The standard InChI is InChI=1S/C11H12ClNO5/c12-8-1-2-10(9(7-8)13(14)15)16-4-3-11-17-5-6-18-11/h1-2,7,11H,3-6H2. The van der Waals surface area contributed by atoms with Gasteiger partial charge < -0.3 is 14.2 Å². The van der Waals surface area contributed by atoms with Gasteiger partial charge in [0.05, 0.1) is 24.7 Å². The Hall–Kier alpha value is -1.37. The summed E-state index contributed by atoms with van der Waals surface area (Å²) in [5, 5.41) is 11.1. The van der Waals surface area contributed by atoms with Crippen molar-refractivity contribution in [2.75, 3.05) is 19.8 Å². The molecule has 2 rings (SSSR count). The number of hydrogen-bond acceptors (Lipinski definition) is 5. The lowest BCUT2D eigenvalue weighted by Crippen LogP contribution is -2.13. The Morgan fingerprint density at radius 2 is 2.17 bits per heavy atom. The summed E-state index contributed by atoms with van der Waals surface area (Å²) in [6.45, 7) is 1.44. The average Bonchev–Trinajstić information content (AvgIpc) is 2.84. The molecule has 0 radical (unpaired) electrons. The first-order valence-electron chi connectivity index (χ1n) is 5.47. The van der Waals surface area contributed by atoms with Crippen molar-refractivity contribution in [1.29, 1.82) is 0 Å². The third-order valence-electron chi connectivity index (χ3n) is 2.42. The van der Waals surface area contributed by atoms with Gasteiger partial charge in [-0.25, -0.2) is 0 Å². The minimum atomic E-state index is -0.524. The molecule has 1 aromatic rings. The van der Waals surface area contributed by atoms with E-state index in [-0.39, 0.29) is 24.3 Å². The van der Waals surface area contributed by atoms with Crippen LogP contribution in [0, 0.1) is 10.1 Å². The molecule has 0 aromatic heterocycles. The third-order valence-corrected chi connectivity index (χ3v) is 2.65. The molecule has 6 nitrogen and oxygen atoms in total. The van der Waals surface area contributed by atoms with Gasteiger partial charge in [0.1, 0.15) is 0 Å². The fraction of sp³-hybridized carbons (Fsp3) is 0.455. The molecule has 1 aromatic carbocycles. The fourth-order valence-electron chi connectivity index (χ4n) is 1.59. The van der Waals surface area contributed by atoms with E-state index in [0.717, 1.165) is 0 Å². The highest BCUT2D eigenvalue weighted by molar-refractivity contribution is 6.30. The minimum Gasteiger partial charge on any atom is -0.487 e. The van der Waals surface area contributed by atoms with Gasteiger partial charge in [0.2, 0.25) is 0 Å². The van der Waals surface area contributed by atoms with Gasteiger partial charge in [-0.3, -0.25) is 10.1 Å². The van der Waals surface area contributed by atoms with E-state index in [1.807, 2.05) is 0 Å². The van der Waals surface area contributed by atoms with E-state index in [9.17, 15) is 10.1 Å². The molecule has 98 valence electrons. The highest BCUT2D eigenvalue weighted by Gasteiger charge is 2.18. The zero-order valence-corrected chi connectivity index (χ0v) is 10.3. The summed E-state index contributed by atoms with van der Waals surface area (Å²) >= 11 is 5.70. The van der Waals surface area contributed by atoms with Crippen molar-refractivity contribution in [2.45, 2.75) is 12.7 Å². The van der Waals surface area contributed by atoms with Crippen LogP contribution in [0.25, 0.3) is 0 Å². The molecule has 1 aliphatic heterocycles. The maximum absolute atomic E-state index is 10.8. The van der Waals surface area contributed by atoms with Crippen molar-refractivity contribution in [3.05, 3.63) is 33.3 Å². The molecular weight excluding hydrogens is 262 g/mol. The molecule has 1 heterocycles. The van der Waals surface area contributed by atoms with E-state index in [0.29, 0.717) is 24.7 Å². The van der Waals surface area contributed by atoms with Crippen molar-refractivity contribution >= 4 is 17.3 Å². The summed E-state index contributed by atoms with van der Waals surface area (Å²) < 4.78 is 15.8. The van der Waals surface area contributed by atoms with Crippen LogP contribution >= 0.6 is 11.6 Å². The number of benzene rings is 1. The molecule has 1 aliphatic rings. The average molecular weight is 274 g/mol. The Bertz CT molecular complexity index is 433. The normalized spacial score (nSPS) is 15.8. The van der Waals surface area contributed by atoms with E-state index < -0.39 is 4.92 Å². The number of nitro benzene ring substituents is 1. The number of rotatable bonds is 5. The lowest BCUT2D eigenvalue weighted by atomic mass is 10.3. The second-order valence-corrected chi connectivity index (χ2v) is 4.11. The van der Waals surface area contributed by atoms with Crippen LogP contribution in [0.4, 0.5) is 5.69 Å². The monoisotopic (exact) mass is 273 g/mol. The van der Waals surface area contributed by atoms with Crippen LogP contribution in [0.3, 0.4) is 0 Å². The Labute approximate surface area is 109 Å². The highest BCUT2D eigenvalue weighted by Crippen LogP contribution is 2.30. The number of nitrogens with zero attached hydrogens (tertiary/aromatic N) is 1. The first-order chi connectivity index (χ1) is 8.66. The van der Waals surface area contributed by atoms with Crippen LogP contribution in [0.1, 0.15) is 6.42 Å². The van der Waals surface area contributed by atoms with E-state index in [1.54, 1.807) is 6.07 Å². The van der Waals surface area contributed by atoms with Crippen molar-refractivity contribution in [3.63, 3.8) is 0 Å². The Morgan fingerprint density at radius 1 is 1.44 bits per heavy atom. The van der Waals surface area contributed by atoms with E-state index >= 15 is 0 Å².